The standard InChI is InChI=1S/C12H20N4/c1-3-16(4-2)9-10-5-7-11(8-6-10)15-12(13)14/h5-8H,3-4,9H2,1-2H3,(H4,13,14,15). The van der Waals surface area contributed by atoms with E-state index < -0.39 is 0 Å². The van der Waals surface area contributed by atoms with Crippen molar-refractivity contribution in [1.82, 2.24) is 4.90 Å². The number of hydrogen-bond donors (Lipinski definition) is 2. The molecule has 0 bridgehead atoms. The Balaban J connectivity index is 2.68. The Kier molecular flexibility index (Phi) is 4.79. The van der Waals surface area contributed by atoms with Gasteiger partial charge in [-0.05, 0) is 30.8 Å². The average Bonchev–Trinajstić information content (AvgIpc) is 2.27. The van der Waals surface area contributed by atoms with Gasteiger partial charge in [-0.2, -0.15) is 0 Å². The first kappa shape index (κ1) is 12.5. The Morgan fingerprint density at radius 1 is 1.12 bits per heavy atom. The van der Waals surface area contributed by atoms with Crippen molar-refractivity contribution in [2.75, 3.05) is 13.1 Å². The predicted molar refractivity (Wildman–Crippen MR) is 68.5 cm³/mol. The van der Waals surface area contributed by atoms with Crippen LogP contribution >= 0.6 is 0 Å². The lowest BCUT2D eigenvalue weighted by molar-refractivity contribution is 0.296. The maximum absolute atomic E-state index is 5.31. The van der Waals surface area contributed by atoms with Gasteiger partial charge in [0.1, 0.15) is 0 Å². The highest BCUT2D eigenvalue weighted by Gasteiger charge is 2.00. The molecule has 0 saturated carbocycles. The third-order valence-electron chi connectivity index (χ3n) is 2.50. The maximum Gasteiger partial charge on any atom is 0.191 e. The highest BCUT2D eigenvalue weighted by Crippen LogP contribution is 2.13. The molecule has 0 atom stereocenters. The minimum Gasteiger partial charge on any atom is -0.370 e. The van der Waals surface area contributed by atoms with E-state index in [-0.39, 0.29) is 5.96 Å². The summed E-state index contributed by atoms with van der Waals surface area (Å²) in [6.07, 6.45) is 0. The van der Waals surface area contributed by atoms with Crippen LogP contribution in [0.2, 0.25) is 0 Å². The summed E-state index contributed by atoms with van der Waals surface area (Å²) in [7, 11) is 0. The van der Waals surface area contributed by atoms with Crippen LogP contribution in [-0.4, -0.2) is 23.9 Å². The van der Waals surface area contributed by atoms with Gasteiger partial charge >= 0.3 is 0 Å². The van der Waals surface area contributed by atoms with Gasteiger partial charge in [0.15, 0.2) is 5.96 Å². The number of nitrogens with zero attached hydrogens (tertiary/aromatic N) is 2. The second kappa shape index (κ2) is 6.12. The highest BCUT2D eigenvalue weighted by molar-refractivity contribution is 5.78. The van der Waals surface area contributed by atoms with Gasteiger partial charge in [0, 0.05) is 6.54 Å². The molecule has 4 N–H and O–H groups in total. The number of guanidine groups is 1. The van der Waals surface area contributed by atoms with Gasteiger partial charge < -0.3 is 11.5 Å². The van der Waals surface area contributed by atoms with Crippen molar-refractivity contribution in [3.63, 3.8) is 0 Å². The molecule has 0 aliphatic carbocycles. The van der Waals surface area contributed by atoms with E-state index in [1.807, 2.05) is 12.1 Å². The molecule has 0 aliphatic rings. The van der Waals surface area contributed by atoms with E-state index in [0.717, 1.165) is 25.3 Å². The molecule has 1 rings (SSSR count). The lowest BCUT2D eigenvalue weighted by atomic mass is 10.2. The van der Waals surface area contributed by atoms with E-state index in [1.165, 1.54) is 5.56 Å². The molecule has 0 aromatic heterocycles. The molecular formula is C12H20N4. The second-order valence-corrected chi connectivity index (χ2v) is 3.66. The molecule has 0 amide bonds. The summed E-state index contributed by atoms with van der Waals surface area (Å²) in [6.45, 7) is 7.42. The van der Waals surface area contributed by atoms with Crippen molar-refractivity contribution in [1.29, 1.82) is 0 Å². The summed E-state index contributed by atoms with van der Waals surface area (Å²) in [6, 6.07) is 7.97. The summed E-state index contributed by atoms with van der Waals surface area (Å²) < 4.78 is 0. The molecule has 0 heterocycles. The summed E-state index contributed by atoms with van der Waals surface area (Å²) in [4.78, 5) is 6.34. The number of rotatable bonds is 5. The van der Waals surface area contributed by atoms with Crippen molar-refractivity contribution in [3.8, 4) is 0 Å². The Labute approximate surface area is 97.0 Å². The number of aliphatic imine (C=N–C) groups is 1. The Hall–Kier alpha value is -1.55. The van der Waals surface area contributed by atoms with Gasteiger partial charge in [-0.15, -0.1) is 0 Å². The number of benzene rings is 1. The van der Waals surface area contributed by atoms with Crippen LogP contribution < -0.4 is 11.5 Å². The van der Waals surface area contributed by atoms with Crippen molar-refractivity contribution in [2.45, 2.75) is 20.4 Å². The normalized spacial score (nSPS) is 10.4. The Bertz CT molecular complexity index is 335. The van der Waals surface area contributed by atoms with Crippen molar-refractivity contribution >= 4 is 11.6 Å². The van der Waals surface area contributed by atoms with Crippen LogP contribution in [0.3, 0.4) is 0 Å². The first-order chi connectivity index (χ1) is 7.65. The fourth-order valence-corrected chi connectivity index (χ4v) is 1.53. The molecule has 0 spiro atoms. The zero-order valence-corrected chi connectivity index (χ0v) is 9.98. The third-order valence-corrected chi connectivity index (χ3v) is 2.50. The average molecular weight is 220 g/mol. The molecule has 4 nitrogen and oxygen atoms in total. The van der Waals surface area contributed by atoms with Gasteiger partial charge in [0.05, 0.1) is 5.69 Å². The van der Waals surface area contributed by atoms with Crippen LogP contribution in [0.25, 0.3) is 0 Å². The van der Waals surface area contributed by atoms with Crippen molar-refractivity contribution in [2.24, 2.45) is 16.5 Å². The van der Waals surface area contributed by atoms with E-state index >= 15 is 0 Å². The SMILES string of the molecule is CCN(CC)Cc1ccc(N=C(N)N)cc1. The number of hydrogen-bond acceptors (Lipinski definition) is 2. The lowest BCUT2D eigenvalue weighted by Gasteiger charge is -2.17. The maximum atomic E-state index is 5.31. The van der Waals surface area contributed by atoms with Crippen LogP contribution in [0.5, 0.6) is 0 Å². The highest BCUT2D eigenvalue weighted by atomic mass is 15.1. The monoisotopic (exact) mass is 220 g/mol. The van der Waals surface area contributed by atoms with E-state index in [1.54, 1.807) is 0 Å². The van der Waals surface area contributed by atoms with Crippen LogP contribution in [0.4, 0.5) is 5.69 Å². The molecule has 0 unspecified atom stereocenters. The molecular weight excluding hydrogens is 200 g/mol. The fourth-order valence-electron chi connectivity index (χ4n) is 1.53. The largest absolute Gasteiger partial charge is 0.370 e. The van der Waals surface area contributed by atoms with Crippen LogP contribution in [0, 0.1) is 0 Å². The quantitative estimate of drug-likeness (QED) is 0.582. The molecule has 0 fully saturated rings. The van der Waals surface area contributed by atoms with Gasteiger partial charge in [0.2, 0.25) is 0 Å². The lowest BCUT2D eigenvalue weighted by Crippen LogP contribution is -2.22. The van der Waals surface area contributed by atoms with Crippen LogP contribution in [0.15, 0.2) is 29.3 Å². The van der Waals surface area contributed by atoms with Crippen LogP contribution in [-0.2, 0) is 6.54 Å². The topological polar surface area (TPSA) is 67.6 Å². The molecule has 88 valence electrons. The molecule has 1 aromatic rings. The van der Waals surface area contributed by atoms with Gasteiger partial charge in [-0.3, -0.25) is 4.90 Å². The Morgan fingerprint density at radius 3 is 2.12 bits per heavy atom. The summed E-state index contributed by atoms with van der Waals surface area (Å²) in [5.74, 6) is 0.0940. The first-order valence-electron chi connectivity index (χ1n) is 5.56. The summed E-state index contributed by atoms with van der Waals surface area (Å²) in [5.41, 5.74) is 12.7. The fraction of sp³-hybridized carbons (Fsp3) is 0.417. The molecule has 4 heteroatoms. The molecule has 0 aliphatic heterocycles. The van der Waals surface area contributed by atoms with E-state index in [0.29, 0.717) is 0 Å². The molecule has 16 heavy (non-hydrogen) atoms. The Morgan fingerprint density at radius 2 is 1.69 bits per heavy atom. The van der Waals surface area contributed by atoms with Crippen molar-refractivity contribution in [3.05, 3.63) is 29.8 Å². The van der Waals surface area contributed by atoms with E-state index in [9.17, 15) is 0 Å². The van der Waals surface area contributed by atoms with E-state index in [4.69, 9.17) is 11.5 Å². The minimum absolute atomic E-state index is 0.0940. The zero-order chi connectivity index (χ0) is 12.0. The third kappa shape index (κ3) is 3.90. The second-order valence-electron chi connectivity index (χ2n) is 3.66. The smallest absolute Gasteiger partial charge is 0.191 e. The van der Waals surface area contributed by atoms with Crippen LogP contribution in [0.1, 0.15) is 19.4 Å². The molecule has 1 aromatic carbocycles. The minimum atomic E-state index is 0.0940. The molecule has 0 saturated heterocycles. The summed E-state index contributed by atoms with van der Waals surface area (Å²) in [5, 5.41) is 0. The predicted octanol–water partition coefficient (Wildman–Crippen LogP) is 1.43. The van der Waals surface area contributed by atoms with Gasteiger partial charge in [-0.1, -0.05) is 26.0 Å². The van der Waals surface area contributed by atoms with Crippen molar-refractivity contribution < 1.29 is 0 Å². The van der Waals surface area contributed by atoms with Gasteiger partial charge in [-0.25, -0.2) is 4.99 Å². The summed E-state index contributed by atoms with van der Waals surface area (Å²) >= 11 is 0. The van der Waals surface area contributed by atoms with Gasteiger partial charge in [0.25, 0.3) is 0 Å². The number of nitrogens with two attached hydrogens (primary N) is 2. The van der Waals surface area contributed by atoms with E-state index in [2.05, 4.69) is 35.9 Å². The zero-order valence-electron chi connectivity index (χ0n) is 9.98. The molecule has 0 radical (unpaired) electrons. The first-order valence-corrected chi connectivity index (χ1v) is 5.56.